The molecule has 1 aliphatic heterocycles. The number of likely N-dealkylation sites (N-methyl/N-ethyl adjacent to an activating group) is 1. The van der Waals surface area contributed by atoms with Gasteiger partial charge in [-0.25, -0.2) is 0 Å². The first kappa shape index (κ1) is 19.2. The molecule has 0 radical (unpaired) electrons. The highest BCUT2D eigenvalue weighted by molar-refractivity contribution is 5.93. The smallest absolute Gasteiger partial charge is 0.271 e. The van der Waals surface area contributed by atoms with Crippen molar-refractivity contribution >= 4 is 5.91 Å². The molecule has 0 spiro atoms. The second kappa shape index (κ2) is 7.68. The molecule has 1 amide bonds. The second-order valence-electron chi connectivity index (χ2n) is 8.54. The lowest BCUT2D eigenvalue weighted by Gasteiger charge is -2.40. The third-order valence-electron chi connectivity index (χ3n) is 6.49. The first-order valence-corrected chi connectivity index (χ1v) is 10.1. The summed E-state index contributed by atoms with van der Waals surface area (Å²) in [5.74, 6) is 1.11. The van der Waals surface area contributed by atoms with Gasteiger partial charge in [0.15, 0.2) is 0 Å². The van der Waals surface area contributed by atoms with Crippen LogP contribution in [-0.4, -0.2) is 72.3 Å². The summed E-state index contributed by atoms with van der Waals surface area (Å²) in [6.07, 6.45) is 2.34. The van der Waals surface area contributed by atoms with Crippen LogP contribution >= 0.6 is 0 Å². The molecule has 2 aromatic rings. The van der Waals surface area contributed by atoms with Gasteiger partial charge in [-0.15, -0.1) is 0 Å². The van der Waals surface area contributed by atoms with Crippen molar-refractivity contribution in [1.29, 1.82) is 0 Å². The number of hydrogen-bond donors (Lipinski definition) is 1. The summed E-state index contributed by atoms with van der Waals surface area (Å²) in [5, 5.41) is 7.31. The van der Waals surface area contributed by atoms with Crippen LogP contribution in [0.5, 0.6) is 0 Å². The van der Waals surface area contributed by atoms with Gasteiger partial charge in [0.1, 0.15) is 5.69 Å². The van der Waals surface area contributed by atoms with Crippen LogP contribution in [-0.2, 0) is 4.74 Å². The van der Waals surface area contributed by atoms with Gasteiger partial charge in [0, 0.05) is 31.8 Å². The summed E-state index contributed by atoms with van der Waals surface area (Å²) >= 11 is 0. The van der Waals surface area contributed by atoms with Gasteiger partial charge >= 0.3 is 0 Å². The van der Waals surface area contributed by atoms with Gasteiger partial charge in [-0.3, -0.25) is 9.89 Å². The lowest BCUT2D eigenvalue weighted by Crippen LogP contribution is -2.47. The monoisotopic (exact) mass is 382 g/mol. The Morgan fingerprint density at radius 2 is 1.86 bits per heavy atom. The van der Waals surface area contributed by atoms with E-state index >= 15 is 0 Å². The van der Waals surface area contributed by atoms with Gasteiger partial charge in [0.2, 0.25) is 0 Å². The van der Waals surface area contributed by atoms with Gasteiger partial charge in [-0.2, -0.15) is 5.10 Å². The first-order valence-electron chi connectivity index (χ1n) is 10.1. The number of carbonyl (C=O) groups excluding carboxylic acids is 1. The highest BCUT2D eigenvalue weighted by Gasteiger charge is 2.44. The summed E-state index contributed by atoms with van der Waals surface area (Å²) < 4.78 is 5.75. The number of nitrogens with one attached hydrogen (secondary N) is 1. The standard InChI is InChI=1S/C22H30N4O2/c1-14-5-7-15(8-6-14)18-11-19(24-23-18)22(27)26-12-16-9-20(25(2)3)21(28-4)10-17(16)13-26/h5-8,11,16-17,20-21H,9-10,12-13H2,1-4H3,(H,23,24)/t16-,17+,20-,21-/m1/s1. The fourth-order valence-electron chi connectivity index (χ4n) is 4.83. The highest BCUT2D eigenvalue weighted by atomic mass is 16.5. The van der Waals surface area contributed by atoms with Crippen LogP contribution in [0.25, 0.3) is 11.3 Å². The third-order valence-corrected chi connectivity index (χ3v) is 6.49. The van der Waals surface area contributed by atoms with E-state index < -0.39 is 0 Å². The molecule has 2 fully saturated rings. The number of likely N-dealkylation sites (tertiary alicyclic amines) is 1. The Kier molecular flexibility index (Phi) is 5.25. The SMILES string of the molecule is CO[C@@H]1C[C@H]2CN(C(=O)c3cc(-c4ccc(C)cc4)n[nH]3)C[C@H]2C[C@H]1N(C)C. The first-order chi connectivity index (χ1) is 13.5. The molecule has 1 saturated heterocycles. The number of fused-ring (bicyclic) bond motifs is 1. The number of amides is 1. The van der Waals surface area contributed by atoms with Crippen molar-refractivity contribution in [2.45, 2.75) is 31.9 Å². The van der Waals surface area contributed by atoms with Crippen LogP contribution in [0.3, 0.4) is 0 Å². The van der Waals surface area contributed by atoms with Crippen molar-refractivity contribution < 1.29 is 9.53 Å². The molecule has 1 N–H and O–H groups in total. The number of rotatable bonds is 4. The van der Waals surface area contributed by atoms with Gasteiger partial charge in [-0.05, 0) is 51.8 Å². The van der Waals surface area contributed by atoms with Crippen molar-refractivity contribution in [3.63, 3.8) is 0 Å². The van der Waals surface area contributed by atoms with Gasteiger partial charge in [0.05, 0.1) is 11.8 Å². The largest absolute Gasteiger partial charge is 0.380 e. The van der Waals surface area contributed by atoms with Crippen LogP contribution < -0.4 is 0 Å². The molecule has 0 unspecified atom stereocenters. The average Bonchev–Trinajstić information content (AvgIpc) is 3.33. The second-order valence-corrected chi connectivity index (χ2v) is 8.54. The maximum Gasteiger partial charge on any atom is 0.271 e. The Labute approximate surface area is 166 Å². The molecule has 1 aromatic heterocycles. The molecule has 6 heteroatoms. The number of nitrogens with zero attached hydrogens (tertiary/aromatic N) is 3. The van der Waals surface area contributed by atoms with Crippen LogP contribution in [0.1, 0.15) is 28.9 Å². The molecule has 4 rings (SSSR count). The number of aryl methyl sites for hydroxylation is 1. The van der Waals surface area contributed by atoms with Crippen LogP contribution in [0.2, 0.25) is 0 Å². The van der Waals surface area contributed by atoms with E-state index in [4.69, 9.17) is 4.74 Å². The van der Waals surface area contributed by atoms with E-state index in [2.05, 4.69) is 48.2 Å². The Bertz CT molecular complexity index is 829. The summed E-state index contributed by atoms with van der Waals surface area (Å²) in [6.45, 7) is 3.69. The van der Waals surface area contributed by atoms with Crippen molar-refractivity contribution in [3.8, 4) is 11.3 Å². The number of carbonyl (C=O) groups is 1. The maximum atomic E-state index is 13.1. The molecule has 1 aliphatic carbocycles. The van der Waals surface area contributed by atoms with Crippen LogP contribution in [0.15, 0.2) is 30.3 Å². The number of hydrogen-bond acceptors (Lipinski definition) is 4. The van der Waals surface area contributed by atoms with Crippen molar-refractivity contribution in [2.75, 3.05) is 34.3 Å². The molecule has 1 aromatic carbocycles. The number of aromatic nitrogens is 2. The van der Waals surface area contributed by atoms with Crippen LogP contribution in [0.4, 0.5) is 0 Å². The predicted molar refractivity (Wildman–Crippen MR) is 109 cm³/mol. The van der Waals surface area contributed by atoms with E-state index in [1.807, 2.05) is 23.1 Å². The van der Waals surface area contributed by atoms with Crippen molar-refractivity contribution in [2.24, 2.45) is 11.8 Å². The summed E-state index contributed by atoms with van der Waals surface area (Å²) in [5.41, 5.74) is 3.61. The normalized spacial score (nSPS) is 27.2. The Hall–Kier alpha value is -2.18. The molecule has 2 aliphatic rings. The van der Waals surface area contributed by atoms with Gasteiger partial charge < -0.3 is 14.5 Å². The molecular weight excluding hydrogens is 352 g/mol. The number of aromatic amines is 1. The quantitative estimate of drug-likeness (QED) is 0.883. The summed E-state index contributed by atoms with van der Waals surface area (Å²) in [4.78, 5) is 17.3. The lowest BCUT2D eigenvalue weighted by atomic mass is 9.77. The number of ether oxygens (including phenoxy) is 1. The molecule has 1 saturated carbocycles. The highest BCUT2D eigenvalue weighted by Crippen LogP contribution is 2.39. The number of benzene rings is 1. The fourth-order valence-corrected chi connectivity index (χ4v) is 4.83. The van der Waals surface area contributed by atoms with E-state index in [9.17, 15) is 4.79 Å². The number of H-pyrrole nitrogens is 1. The number of methoxy groups -OCH3 is 1. The topological polar surface area (TPSA) is 61.5 Å². The molecule has 150 valence electrons. The molecule has 2 heterocycles. The minimum atomic E-state index is 0.0515. The fraction of sp³-hybridized carbons (Fsp3) is 0.545. The summed E-state index contributed by atoms with van der Waals surface area (Å²) in [6, 6.07) is 10.5. The third kappa shape index (κ3) is 3.59. The van der Waals surface area contributed by atoms with E-state index in [-0.39, 0.29) is 12.0 Å². The predicted octanol–water partition coefficient (Wildman–Crippen LogP) is 2.81. The minimum absolute atomic E-state index is 0.0515. The Morgan fingerprint density at radius 1 is 1.18 bits per heavy atom. The Balaban J connectivity index is 1.46. The Morgan fingerprint density at radius 3 is 2.50 bits per heavy atom. The van der Waals surface area contributed by atoms with E-state index in [1.54, 1.807) is 7.11 Å². The van der Waals surface area contributed by atoms with Gasteiger partial charge in [0.25, 0.3) is 5.91 Å². The summed E-state index contributed by atoms with van der Waals surface area (Å²) in [7, 11) is 6.04. The van der Waals surface area contributed by atoms with Crippen LogP contribution in [0, 0.1) is 18.8 Å². The molecule has 28 heavy (non-hydrogen) atoms. The van der Waals surface area contributed by atoms with E-state index in [0.717, 1.165) is 37.2 Å². The van der Waals surface area contributed by atoms with Crippen molar-refractivity contribution in [3.05, 3.63) is 41.6 Å². The van der Waals surface area contributed by atoms with E-state index in [0.29, 0.717) is 23.6 Å². The molecule has 4 atom stereocenters. The molecule has 6 nitrogen and oxygen atoms in total. The molecule has 0 bridgehead atoms. The van der Waals surface area contributed by atoms with Crippen molar-refractivity contribution in [1.82, 2.24) is 20.0 Å². The van der Waals surface area contributed by atoms with E-state index in [1.165, 1.54) is 5.56 Å². The maximum absolute atomic E-state index is 13.1. The average molecular weight is 383 g/mol. The zero-order chi connectivity index (χ0) is 19.8. The minimum Gasteiger partial charge on any atom is -0.380 e. The molecular formula is C22H30N4O2. The van der Waals surface area contributed by atoms with Gasteiger partial charge in [-0.1, -0.05) is 29.8 Å². The zero-order valence-corrected chi connectivity index (χ0v) is 17.2. The lowest BCUT2D eigenvalue weighted by molar-refractivity contribution is -0.0209. The zero-order valence-electron chi connectivity index (χ0n) is 17.2.